The smallest absolute Gasteiger partial charge is 0.123 e. The van der Waals surface area contributed by atoms with Crippen molar-refractivity contribution in [3.05, 3.63) is 29.8 Å². The molecule has 1 aromatic rings. The van der Waals surface area contributed by atoms with Crippen LogP contribution in [0, 0.1) is 0 Å². The Hall–Kier alpha value is -1.09. The van der Waals surface area contributed by atoms with E-state index in [2.05, 4.69) is 5.32 Å². The van der Waals surface area contributed by atoms with Crippen LogP contribution in [0.5, 0.6) is 5.75 Å². The fourth-order valence-corrected chi connectivity index (χ4v) is 2.03. The maximum absolute atomic E-state index is 13.7. The number of para-hydroxylation sites is 1. The van der Waals surface area contributed by atoms with Crippen LogP contribution < -0.4 is 5.32 Å². The summed E-state index contributed by atoms with van der Waals surface area (Å²) in [5, 5.41) is 12.8. The fourth-order valence-electron chi connectivity index (χ4n) is 2.03. The first-order chi connectivity index (χ1) is 6.64. The summed E-state index contributed by atoms with van der Waals surface area (Å²) in [7, 11) is 0. The minimum Gasteiger partial charge on any atom is -0.508 e. The highest BCUT2D eigenvalue weighted by atomic mass is 19.1. The molecule has 0 aromatic heterocycles. The average molecular weight is 195 g/mol. The topological polar surface area (TPSA) is 32.3 Å². The lowest BCUT2D eigenvalue weighted by molar-refractivity contribution is 0.215. The Morgan fingerprint density at radius 1 is 1.50 bits per heavy atom. The van der Waals surface area contributed by atoms with Crippen molar-refractivity contribution < 1.29 is 9.50 Å². The van der Waals surface area contributed by atoms with E-state index in [1.165, 1.54) is 0 Å². The van der Waals surface area contributed by atoms with Crippen molar-refractivity contribution in [3.8, 4) is 5.75 Å². The lowest BCUT2D eigenvalue weighted by atomic mass is 9.88. The van der Waals surface area contributed by atoms with Gasteiger partial charge in [-0.25, -0.2) is 4.39 Å². The second kappa shape index (κ2) is 3.24. The molecule has 0 spiro atoms. The van der Waals surface area contributed by atoms with Crippen LogP contribution in [0.4, 0.5) is 4.39 Å². The number of halogens is 1. The number of benzene rings is 1. The molecule has 1 heterocycles. The maximum atomic E-state index is 13.7. The predicted octanol–water partition coefficient (Wildman–Crippen LogP) is 1.94. The standard InChI is InChI=1S/C11H14FNO/c1-11(10(12)6-7-13-11)8-4-2-3-5-9(8)14/h2-5,10,13-14H,6-7H2,1H3. The Morgan fingerprint density at radius 3 is 2.79 bits per heavy atom. The first-order valence-electron chi connectivity index (χ1n) is 4.82. The Morgan fingerprint density at radius 2 is 2.21 bits per heavy atom. The van der Waals surface area contributed by atoms with Gasteiger partial charge in [-0.3, -0.25) is 0 Å². The van der Waals surface area contributed by atoms with E-state index in [1.54, 1.807) is 25.1 Å². The molecule has 14 heavy (non-hydrogen) atoms. The zero-order valence-electron chi connectivity index (χ0n) is 8.13. The minimum absolute atomic E-state index is 0.159. The number of phenols is 1. The summed E-state index contributed by atoms with van der Waals surface area (Å²) in [5.41, 5.74) is -0.0873. The van der Waals surface area contributed by atoms with Gasteiger partial charge in [-0.05, 0) is 26.0 Å². The summed E-state index contributed by atoms with van der Waals surface area (Å²) >= 11 is 0. The molecule has 2 unspecified atom stereocenters. The number of hydrogen-bond acceptors (Lipinski definition) is 2. The van der Waals surface area contributed by atoms with Gasteiger partial charge in [0, 0.05) is 5.56 Å². The number of alkyl halides is 1. The van der Waals surface area contributed by atoms with E-state index in [0.29, 0.717) is 18.5 Å². The van der Waals surface area contributed by atoms with Crippen molar-refractivity contribution in [1.29, 1.82) is 0 Å². The summed E-state index contributed by atoms with van der Waals surface area (Å²) in [6.07, 6.45) is -0.430. The van der Waals surface area contributed by atoms with Gasteiger partial charge in [0.25, 0.3) is 0 Å². The van der Waals surface area contributed by atoms with Gasteiger partial charge in [0.15, 0.2) is 0 Å². The van der Waals surface area contributed by atoms with Gasteiger partial charge in [0.2, 0.25) is 0 Å². The molecule has 2 N–H and O–H groups in total. The summed E-state index contributed by atoms with van der Waals surface area (Å²) in [6, 6.07) is 6.91. The van der Waals surface area contributed by atoms with Crippen molar-refractivity contribution in [1.82, 2.24) is 5.32 Å². The first kappa shape index (κ1) is 9.46. The third-order valence-corrected chi connectivity index (χ3v) is 2.98. The molecular weight excluding hydrogens is 181 g/mol. The second-order valence-electron chi connectivity index (χ2n) is 3.90. The molecule has 0 amide bonds. The van der Waals surface area contributed by atoms with Gasteiger partial charge in [0.1, 0.15) is 11.9 Å². The van der Waals surface area contributed by atoms with E-state index in [4.69, 9.17) is 0 Å². The normalized spacial score (nSPS) is 32.0. The summed E-state index contributed by atoms with van der Waals surface area (Å²) in [4.78, 5) is 0. The van der Waals surface area contributed by atoms with Crippen LogP contribution in [0.15, 0.2) is 24.3 Å². The van der Waals surface area contributed by atoms with Crippen LogP contribution in [0.25, 0.3) is 0 Å². The lowest BCUT2D eigenvalue weighted by Gasteiger charge is -2.28. The molecule has 0 radical (unpaired) electrons. The summed E-state index contributed by atoms with van der Waals surface area (Å²) in [6.45, 7) is 2.45. The van der Waals surface area contributed by atoms with Crippen molar-refractivity contribution in [2.45, 2.75) is 25.1 Å². The van der Waals surface area contributed by atoms with Crippen LogP contribution in [-0.2, 0) is 5.54 Å². The van der Waals surface area contributed by atoms with Crippen molar-refractivity contribution >= 4 is 0 Å². The van der Waals surface area contributed by atoms with E-state index < -0.39 is 11.7 Å². The minimum atomic E-state index is -0.934. The second-order valence-corrected chi connectivity index (χ2v) is 3.90. The largest absolute Gasteiger partial charge is 0.508 e. The number of aromatic hydroxyl groups is 1. The van der Waals surface area contributed by atoms with E-state index in [1.807, 2.05) is 6.07 Å². The van der Waals surface area contributed by atoms with Crippen LogP contribution in [0.3, 0.4) is 0 Å². The maximum Gasteiger partial charge on any atom is 0.123 e. The lowest BCUT2D eigenvalue weighted by Crippen LogP contribution is -2.39. The van der Waals surface area contributed by atoms with Gasteiger partial charge >= 0.3 is 0 Å². The number of phenolic OH excluding ortho intramolecular Hbond substituents is 1. The molecule has 2 atom stereocenters. The zero-order chi connectivity index (χ0) is 10.2. The molecule has 2 rings (SSSR count). The van der Waals surface area contributed by atoms with Crippen LogP contribution in [0.1, 0.15) is 18.9 Å². The van der Waals surface area contributed by atoms with Gasteiger partial charge in [-0.1, -0.05) is 18.2 Å². The van der Waals surface area contributed by atoms with Crippen molar-refractivity contribution in [2.24, 2.45) is 0 Å². The molecule has 0 bridgehead atoms. The molecule has 1 aliphatic heterocycles. The Balaban J connectivity index is 2.43. The molecule has 1 fully saturated rings. The molecule has 1 aliphatic rings. The molecule has 3 heteroatoms. The molecule has 1 saturated heterocycles. The Bertz CT molecular complexity index is 342. The average Bonchev–Trinajstić information content (AvgIpc) is 2.49. The molecular formula is C11H14FNO. The summed E-state index contributed by atoms with van der Waals surface area (Å²) in [5.74, 6) is 0.159. The zero-order valence-corrected chi connectivity index (χ0v) is 8.13. The van der Waals surface area contributed by atoms with E-state index in [0.717, 1.165) is 0 Å². The van der Waals surface area contributed by atoms with Gasteiger partial charge in [0.05, 0.1) is 5.54 Å². The van der Waals surface area contributed by atoms with Crippen LogP contribution in [-0.4, -0.2) is 17.8 Å². The third-order valence-electron chi connectivity index (χ3n) is 2.98. The van der Waals surface area contributed by atoms with Crippen molar-refractivity contribution in [2.75, 3.05) is 6.54 Å². The predicted molar refractivity (Wildman–Crippen MR) is 53.0 cm³/mol. The van der Waals surface area contributed by atoms with Crippen LogP contribution in [0.2, 0.25) is 0 Å². The summed E-state index contributed by atoms with van der Waals surface area (Å²) < 4.78 is 13.7. The monoisotopic (exact) mass is 195 g/mol. The highest BCUT2D eigenvalue weighted by Gasteiger charge is 2.41. The Labute approximate surface area is 82.8 Å². The molecule has 76 valence electrons. The third kappa shape index (κ3) is 1.28. The Kier molecular flexibility index (Phi) is 2.19. The van der Waals surface area contributed by atoms with E-state index in [9.17, 15) is 9.50 Å². The van der Waals surface area contributed by atoms with E-state index in [-0.39, 0.29) is 5.75 Å². The number of nitrogens with one attached hydrogen (secondary N) is 1. The first-order valence-corrected chi connectivity index (χ1v) is 4.82. The highest BCUT2D eigenvalue weighted by Crippen LogP contribution is 2.37. The SMILES string of the molecule is CC1(c2ccccc2O)NCCC1F. The fraction of sp³-hybridized carbons (Fsp3) is 0.455. The number of rotatable bonds is 1. The number of hydrogen-bond donors (Lipinski definition) is 2. The van der Waals surface area contributed by atoms with Crippen LogP contribution >= 0.6 is 0 Å². The van der Waals surface area contributed by atoms with Crippen molar-refractivity contribution in [3.63, 3.8) is 0 Å². The van der Waals surface area contributed by atoms with E-state index >= 15 is 0 Å². The highest BCUT2D eigenvalue weighted by molar-refractivity contribution is 5.39. The van der Waals surface area contributed by atoms with Gasteiger partial charge in [-0.15, -0.1) is 0 Å². The van der Waals surface area contributed by atoms with Gasteiger partial charge in [-0.2, -0.15) is 0 Å². The molecule has 0 aliphatic carbocycles. The van der Waals surface area contributed by atoms with Gasteiger partial charge < -0.3 is 10.4 Å². The molecule has 0 saturated carbocycles. The molecule has 2 nitrogen and oxygen atoms in total. The quantitative estimate of drug-likeness (QED) is 0.717. The molecule has 1 aromatic carbocycles.